The first kappa shape index (κ1) is 13.1. The molecule has 1 unspecified atom stereocenters. The average Bonchev–Trinajstić information content (AvgIpc) is 3.18. The molecule has 3 rings (SSSR count). The van der Waals surface area contributed by atoms with Gasteiger partial charge in [0.2, 0.25) is 0 Å². The Kier molecular flexibility index (Phi) is 3.44. The van der Waals surface area contributed by atoms with Gasteiger partial charge in [0.25, 0.3) is 0 Å². The number of aromatic nitrogens is 2. The molecule has 106 valence electrons. The Morgan fingerprint density at radius 2 is 2.30 bits per heavy atom. The van der Waals surface area contributed by atoms with Gasteiger partial charge in [0.1, 0.15) is 0 Å². The monoisotopic (exact) mass is 276 g/mol. The van der Waals surface area contributed by atoms with Gasteiger partial charge < -0.3 is 14.4 Å². The Hall–Kier alpha value is -1.88. The SMILES string of the molecule is COc1cccc(CC(O)c2cncn2C2CC2)c1F. The highest BCUT2D eigenvalue weighted by molar-refractivity contribution is 5.32. The van der Waals surface area contributed by atoms with E-state index in [2.05, 4.69) is 4.98 Å². The molecule has 0 spiro atoms. The number of hydrogen-bond donors (Lipinski definition) is 1. The molecule has 1 aromatic heterocycles. The molecule has 1 aliphatic rings. The molecule has 0 bridgehead atoms. The van der Waals surface area contributed by atoms with Crippen LogP contribution in [0.1, 0.15) is 36.2 Å². The molecular weight excluding hydrogens is 259 g/mol. The predicted molar refractivity (Wildman–Crippen MR) is 72.1 cm³/mol. The van der Waals surface area contributed by atoms with E-state index in [0.717, 1.165) is 18.5 Å². The molecule has 0 aliphatic heterocycles. The third-order valence-corrected chi connectivity index (χ3v) is 3.65. The summed E-state index contributed by atoms with van der Waals surface area (Å²) in [6.45, 7) is 0. The number of rotatable bonds is 5. The minimum Gasteiger partial charge on any atom is -0.494 e. The summed E-state index contributed by atoms with van der Waals surface area (Å²) >= 11 is 0. The van der Waals surface area contributed by atoms with Gasteiger partial charge in [-0.2, -0.15) is 0 Å². The maximum absolute atomic E-state index is 14.1. The number of aliphatic hydroxyl groups excluding tert-OH is 1. The maximum Gasteiger partial charge on any atom is 0.168 e. The van der Waals surface area contributed by atoms with Crippen LogP contribution in [0, 0.1) is 5.82 Å². The molecule has 1 heterocycles. The summed E-state index contributed by atoms with van der Waals surface area (Å²) in [5.74, 6) is -0.211. The van der Waals surface area contributed by atoms with Crippen LogP contribution < -0.4 is 4.74 Å². The van der Waals surface area contributed by atoms with Crippen LogP contribution in [0.25, 0.3) is 0 Å². The molecule has 1 aliphatic carbocycles. The second kappa shape index (κ2) is 5.25. The van der Waals surface area contributed by atoms with Gasteiger partial charge in [0.15, 0.2) is 11.6 Å². The van der Waals surface area contributed by atoms with Crippen LogP contribution in [0.15, 0.2) is 30.7 Å². The van der Waals surface area contributed by atoms with Gasteiger partial charge in [-0.1, -0.05) is 12.1 Å². The number of nitrogens with zero attached hydrogens (tertiary/aromatic N) is 2. The van der Waals surface area contributed by atoms with Crippen LogP contribution in [0.4, 0.5) is 4.39 Å². The summed E-state index contributed by atoms with van der Waals surface area (Å²) in [5, 5.41) is 10.3. The summed E-state index contributed by atoms with van der Waals surface area (Å²) in [6.07, 6.45) is 5.06. The zero-order chi connectivity index (χ0) is 14.1. The topological polar surface area (TPSA) is 47.3 Å². The fourth-order valence-electron chi connectivity index (χ4n) is 2.42. The highest BCUT2D eigenvalue weighted by Crippen LogP contribution is 2.37. The van der Waals surface area contributed by atoms with Crippen molar-refractivity contribution in [3.8, 4) is 5.75 Å². The van der Waals surface area contributed by atoms with E-state index in [4.69, 9.17) is 4.74 Å². The summed E-state index contributed by atoms with van der Waals surface area (Å²) in [5.41, 5.74) is 1.19. The van der Waals surface area contributed by atoms with Crippen LogP contribution in [-0.4, -0.2) is 21.8 Å². The minimum atomic E-state index is -0.764. The van der Waals surface area contributed by atoms with E-state index in [-0.39, 0.29) is 12.2 Å². The number of halogens is 1. The Morgan fingerprint density at radius 1 is 1.50 bits per heavy atom. The molecule has 1 aromatic carbocycles. The van der Waals surface area contributed by atoms with Crippen molar-refractivity contribution in [2.45, 2.75) is 31.4 Å². The quantitative estimate of drug-likeness (QED) is 0.913. The highest BCUT2D eigenvalue weighted by Gasteiger charge is 2.27. The van der Waals surface area contributed by atoms with E-state index in [1.807, 2.05) is 4.57 Å². The Morgan fingerprint density at radius 3 is 3.00 bits per heavy atom. The largest absolute Gasteiger partial charge is 0.494 e. The molecule has 20 heavy (non-hydrogen) atoms. The van der Waals surface area contributed by atoms with Gasteiger partial charge >= 0.3 is 0 Å². The average molecular weight is 276 g/mol. The maximum atomic E-state index is 14.1. The summed E-state index contributed by atoms with van der Waals surface area (Å²) in [6, 6.07) is 5.40. The number of imidazole rings is 1. The van der Waals surface area contributed by atoms with E-state index in [1.54, 1.807) is 30.7 Å². The fraction of sp³-hybridized carbons (Fsp3) is 0.400. The molecule has 0 amide bonds. The molecule has 1 N–H and O–H groups in total. The third kappa shape index (κ3) is 2.41. The van der Waals surface area contributed by atoms with Crippen molar-refractivity contribution in [3.63, 3.8) is 0 Å². The first-order chi connectivity index (χ1) is 9.70. The highest BCUT2D eigenvalue weighted by atomic mass is 19.1. The van der Waals surface area contributed by atoms with Crippen LogP contribution in [0.2, 0.25) is 0 Å². The normalized spacial score (nSPS) is 16.1. The number of ether oxygens (including phenoxy) is 1. The predicted octanol–water partition coefficient (Wildman–Crippen LogP) is 2.64. The van der Waals surface area contributed by atoms with Crippen molar-refractivity contribution in [2.24, 2.45) is 0 Å². The first-order valence-electron chi connectivity index (χ1n) is 6.72. The molecular formula is C15H17FN2O2. The summed E-state index contributed by atoms with van der Waals surface area (Å²) in [4.78, 5) is 4.09. The van der Waals surface area contributed by atoms with E-state index in [1.165, 1.54) is 7.11 Å². The molecule has 1 atom stereocenters. The fourth-order valence-corrected chi connectivity index (χ4v) is 2.42. The second-order valence-electron chi connectivity index (χ2n) is 5.11. The van der Waals surface area contributed by atoms with E-state index < -0.39 is 11.9 Å². The van der Waals surface area contributed by atoms with Crippen molar-refractivity contribution >= 4 is 0 Å². The number of aliphatic hydroxyl groups is 1. The third-order valence-electron chi connectivity index (χ3n) is 3.65. The van der Waals surface area contributed by atoms with E-state index >= 15 is 0 Å². The first-order valence-corrected chi connectivity index (χ1v) is 6.72. The van der Waals surface area contributed by atoms with Crippen LogP contribution >= 0.6 is 0 Å². The van der Waals surface area contributed by atoms with Gasteiger partial charge in [0, 0.05) is 12.5 Å². The zero-order valence-corrected chi connectivity index (χ0v) is 11.3. The number of benzene rings is 1. The van der Waals surface area contributed by atoms with Gasteiger partial charge in [-0.05, 0) is 24.5 Å². The van der Waals surface area contributed by atoms with Crippen LogP contribution in [0.5, 0.6) is 5.75 Å². The molecule has 1 fully saturated rings. The lowest BCUT2D eigenvalue weighted by Crippen LogP contribution is -2.09. The molecule has 0 saturated heterocycles. The van der Waals surface area contributed by atoms with Crippen molar-refractivity contribution in [2.75, 3.05) is 7.11 Å². The minimum absolute atomic E-state index is 0.199. The van der Waals surface area contributed by atoms with Crippen molar-refractivity contribution < 1.29 is 14.2 Å². The lowest BCUT2D eigenvalue weighted by molar-refractivity contribution is 0.167. The van der Waals surface area contributed by atoms with E-state index in [9.17, 15) is 9.50 Å². The Balaban J connectivity index is 1.82. The van der Waals surface area contributed by atoms with Gasteiger partial charge in [0.05, 0.1) is 31.4 Å². The van der Waals surface area contributed by atoms with Crippen LogP contribution in [-0.2, 0) is 6.42 Å². The Bertz CT molecular complexity index is 608. The summed E-state index contributed by atoms with van der Waals surface area (Å²) < 4.78 is 21.0. The molecule has 5 heteroatoms. The summed E-state index contributed by atoms with van der Waals surface area (Å²) in [7, 11) is 1.43. The standard InChI is InChI=1S/C15H17FN2O2/c1-20-14-4-2-3-10(15(14)16)7-13(19)12-8-17-9-18(12)11-5-6-11/h2-4,8-9,11,13,19H,5-7H2,1H3. The molecule has 4 nitrogen and oxygen atoms in total. The lowest BCUT2D eigenvalue weighted by Gasteiger charge is -2.14. The number of hydrogen-bond acceptors (Lipinski definition) is 3. The zero-order valence-electron chi connectivity index (χ0n) is 11.3. The van der Waals surface area contributed by atoms with Crippen molar-refractivity contribution in [1.29, 1.82) is 0 Å². The van der Waals surface area contributed by atoms with Gasteiger partial charge in [-0.3, -0.25) is 0 Å². The van der Waals surface area contributed by atoms with Gasteiger partial charge in [-0.25, -0.2) is 9.37 Å². The van der Waals surface area contributed by atoms with E-state index in [0.29, 0.717) is 11.6 Å². The second-order valence-corrected chi connectivity index (χ2v) is 5.11. The lowest BCUT2D eigenvalue weighted by atomic mass is 10.0. The Labute approximate surface area is 116 Å². The smallest absolute Gasteiger partial charge is 0.168 e. The van der Waals surface area contributed by atoms with Crippen molar-refractivity contribution in [3.05, 3.63) is 47.8 Å². The molecule has 2 aromatic rings. The number of methoxy groups -OCH3 is 1. The van der Waals surface area contributed by atoms with Crippen molar-refractivity contribution in [1.82, 2.24) is 9.55 Å². The molecule has 1 saturated carbocycles. The van der Waals surface area contributed by atoms with Gasteiger partial charge in [-0.15, -0.1) is 0 Å². The molecule has 0 radical (unpaired) electrons. The van der Waals surface area contributed by atoms with Crippen LogP contribution in [0.3, 0.4) is 0 Å².